The van der Waals surface area contributed by atoms with E-state index < -0.39 is 0 Å². The second-order valence-electron chi connectivity index (χ2n) is 3.88. The minimum absolute atomic E-state index is 0.271. The zero-order valence-corrected chi connectivity index (χ0v) is 9.27. The standard InChI is InChI=1S/C14H10FNO/c1-17-12-5-3-10-6-9-2-4-11(15)7-13(9)16-14(10)8-12/h2-8H,1H3. The highest BCUT2D eigenvalue weighted by molar-refractivity contribution is 5.93. The number of pyridine rings is 1. The SMILES string of the molecule is COc1ccc2cc3ccc(F)cc3nc2c1. The molecule has 0 saturated heterocycles. The smallest absolute Gasteiger partial charge is 0.125 e. The van der Waals surface area contributed by atoms with Crippen molar-refractivity contribution in [3.63, 3.8) is 0 Å². The van der Waals surface area contributed by atoms with Gasteiger partial charge in [0.2, 0.25) is 0 Å². The fourth-order valence-electron chi connectivity index (χ4n) is 1.90. The van der Waals surface area contributed by atoms with Crippen molar-refractivity contribution in [1.82, 2.24) is 4.98 Å². The maximum atomic E-state index is 13.1. The highest BCUT2D eigenvalue weighted by Gasteiger charge is 2.02. The first-order valence-electron chi connectivity index (χ1n) is 5.30. The molecule has 3 aromatic rings. The van der Waals surface area contributed by atoms with E-state index in [1.165, 1.54) is 12.1 Å². The van der Waals surface area contributed by atoms with E-state index >= 15 is 0 Å². The number of rotatable bonds is 1. The van der Waals surface area contributed by atoms with Crippen LogP contribution in [0.15, 0.2) is 42.5 Å². The highest BCUT2D eigenvalue weighted by atomic mass is 19.1. The molecule has 0 radical (unpaired) electrons. The Kier molecular flexibility index (Phi) is 2.18. The Bertz CT molecular complexity index is 709. The van der Waals surface area contributed by atoms with Gasteiger partial charge in [-0.05, 0) is 30.3 Å². The van der Waals surface area contributed by atoms with Gasteiger partial charge in [0.25, 0.3) is 0 Å². The molecule has 3 heteroatoms. The van der Waals surface area contributed by atoms with Gasteiger partial charge in [0.15, 0.2) is 0 Å². The quantitative estimate of drug-likeness (QED) is 0.593. The number of halogens is 1. The van der Waals surface area contributed by atoms with Gasteiger partial charge in [-0.2, -0.15) is 0 Å². The van der Waals surface area contributed by atoms with Crippen LogP contribution in [0.4, 0.5) is 4.39 Å². The second-order valence-corrected chi connectivity index (χ2v) is 3.88. The van der Waals surface area contributed by atoms with Crippen molar-refractivity contribution < 1.29 is 9.13 Å². The van der Waals surface area contributed by atoms with Crippen molar-refractivity contribution in [2.45, 2.75) is 0 Å². The third-order valence-corrected chi connectivity index (χ3v) is 2.78. The number of ether oxygens (including phenoxy) is 1. The summed E-state index contributed by atoms with van der Waals surface area (Å²) in [4.78, 5) is 4.43. The van der Waals surface area contributed by atoms with Crippen molar-refractivity contribution >= 4 is 21.8 Å². The predicted molar refractivity (Wildman–Crippen MR) is 65.8 cm³/mol. The van der Waals surface area contributed by atoms with Crippen LogP contribution >= 0.6 is 0 Å². The van der Waals surface area contributed by atoms with Gasteiger partial charge in [-0.25, -0.2) is 9.37 Å². The third-order valence-electron chi connectivity index (χ3n) is 2.78. The Morgan fingerprint density at radius 3 is 2.41 bits per heavy atom. The lowest BCUT2D eigenvalue weighted by Gasteiger charge is -2.04. The van der Waals surface area contributed by atoms with Crippen LogP contribution in [0.2, 0.25) is 0 Å². The van der Waals surface area contributed by atoms with Crippen LogP contribution < -0.4 is 4.74 Å². The fourth-order valence-corrected chi connectivity index (χ4v) is 1.90. The highest BCUT2D eigenvalue weighted by Crippen LogP contribution is 2.23. The molecular formula is C14H10FNO. The maximum absolute atomic E-state index is 13.1. The lowest BCUT2D eigenvalue weighted by atomic mass is 10.1. The first-order valence-corrected chi connectivity index (χ1v) is 5.30. The second kappa shape index (κ2) is 3.70. The molecule has 0 spiro atoms. The first-order chi connectivity index (χ1) is 8.26. The van der Waals surface area contributed by atoms with E-state index in [1.54, 1.807) is 13.2 Å². The molecule has 0 unspecified atom stereocenters. The topological polar surface area (TPSA) is 22.1 Å². The Hall–Kier alpha value is -2.16. The zero-order valence-electron chi connectivity index (χ0n) is 9.27. The summed E-state index contributed by atoms with van der Waals surface area (Å²) in [5.74, 6) is 0.480. The monoisotopic (exact) mass is 227 g/mol. The number of aromatic nitrogens is 1. The molecule has 84 valence electrons. The minimum atomic E-state index is -0.271. The molecule has 0 aliphatic carbocycles. The molecule has 0 bridgehead atoms. The summed E-state index contributed by atoms with van der Waals surface area (Å²) in [5, 5.41) is 1.95. The Labute approximate surface area is 97.7 Å². The van der Waals surface area contributed by atoms with Crippen molar-refractivity contribution in [2.24, 2.45) is 0 Å². The molecule has 2 aromatic carbocycles. The van der Waals surface area contributed by atoms with Gasteiger partial charge >= 0.3 is 0 Å². The van der Waals surface area contributed by atoms with Gasteiger partial charge in [-0.15, -0.1) is 0 Å². The summed E-state index contributed by atoms with van der Waals surface area (Å²) in [6.07, 6.45) is 0. The van der Waals surface area contributed by atoms with E-state index in [9.17, 15) is 4.39 Å². The van der Waals surface area contributed by atoms with Crippen LogP contribution in [0.25, 0.3) is 21.8 Å². The van der Waals surface area contributed by atoms with Gasteiger partial charge < -0.3 is 4.74 Å². The average Bonchev–Trinajstić information content (AvgIpc) is 2.35. The number of fused-ring (bicyclic) bond motifs is 2. The van der Waals surface area contributed by atoms with Gasteiger partial charge in [-0.3, -0.25) is 0 Å². The Morgan fingerprint density at radius 1 is 0.941 bits per heavy atom. The van der Waals surface area contributed by atoms with E-state index in [0.717, 1.165) is 22.0 Å². The summed E-state index contributed by atoms with van der Waals surface area (Å²) >= 11 is 0. The maximum Gasteiger partial charge on any atom is 0.125 e. The Morgan fingerprint density at radius 2 is 1.65 bits per heavy atom. The predicted octanol–water partition coefficient (Wildman–Crippen LogP) is 3.54. The van der Waals surface area contributed by atoms with Crippen molar-refractivity contribution in [3.05, 3.63) is 48.3 Å². The molecule has 0 aliphatic heterocycles. The van der Waals surface area contributed by atoms with Gasteiger partial charge in [0.1, 0.15) is 11.6 Å². The fraction of sp³-hybridized carbons (Fsp3) is 0.0714. The molecule has 1 aromatic heterocycles. The summed E-state index contributed by atoms with van der Waals surface area (Å²) in [6, 6.07) is 12.3. The van der Waals surface area contributed by atoms with E-state index in [1.807, 2.05) is 24.3 Å². The Balaban J connectivity index is 2.36. The normalized spacial score (nSPS) is 10.9. The number of benzene rings is 2. The molecule has 0 N–H and O–H groups in total. The number of nitrogens with zero attached hydrogens (tertiary/aromatic N) is 1. The summed E-state index contributed by atoms with van der Waals surface area (Å²) < 4.78 is 18.3. The van der Waals surface area contributed by atoms with E-state index in [4.69, 9.17) is 4.74 Å². The van der Waals surface area contributed by atoms with Gasteiger partial charge in [-0.1, -0.05) is 0 Å². The lowest BCUT2D eigenvalue weighted by molar-refractivity contribution is 0.415. The summed E-state index contributed by atoms with van der Waals surface area (Å²) in [5.41, 5.74) is 1.47. The minimum Gasteiger partial charge on any atom is -0.497 e. The molecule has 0 saturated carbocycles. The number of methoxy groups -OCH3 is 1. The van der Waals surface area contributed by atoms with Crippen LogP contribution in [0.5, 0.6) is 5.75 Å². The van der Waals surface area contributed by atoms with E-state index in [-0.39, 0.29) is 5.82 Å². The molecule has 0 atom stereocenters. The van der Waals surface area contributed by atoms with Crippen LogP contribution in [0, 0.1) is 5.82 Å². The van der Waals surface area contributed by atoms with Gasteiger partial charge in [0, 0.05) is 22.9 Å². The molecule has 1 heterocycles. The van der Waals surface area contributed by atoms with E-state index in [0.29, 0.717) is 5.52 Å². The molecule has 0 aliphatic rings. The number of hydrogen-bond donors (Lipinski definition) is 0. The lowest BCUT2D eigenvalue weighted by Crippen LogP contribution is -1.86. The van der Waals surface area contributed by atoms with Gasteiger partial charge in [0.05, 0.1) is 18.1 Å². The molecule has 3 rings (SSSR count). The van der Waals surface area contributed by atoms with E-state index in [2.05, 4.69) is 4.98 Å². The first kappa shape index (κ1) is 10.0. The molecular weight excluding hydrogens is 217 g/mol. The van der Waals surface area contributed by atoms with Crippen LogP contribution in [0.1, 0.15) is 0 Å². The van der Waals surface area contributed by atoms with Crippen molar-refractivity contribution in [2.75, 3.05) is 7.11 Å². The summed E-state index contributed by atoms with van der Waals surface area (Å²) in [7, 11) is 1.61. The van der Waals surface area contributed by atoms with Crippen LogP contribution in [-0.4, -0.2) is 12.1 Å². The van der Waals surface area contributed by atoms with Crippen LogP contribution in [0.3, 0.4) is 0 Å². The van der Waals surface area contributed by atoms with Crippen molar-refractivity contribution in [3.8, 4) is 5.75 Å². The largest absolute Gasteiger partial charge is 0.497 e. The molecule has 17 heavy (non-hydrogen) atoms. The molecule has 2 nitrogen and oxygen atoms in total. The molecule has 0 fully saturated rings. The molecule has 0 amide bonds. The number of hydrogen-bond acceptors (Lipinski definition) is 2. The van der Waals surface area contributed by atoms with Crippen LogP contribution in [-0.2, 0) is 0 Å². The summed E-state index contributed by atoms with van der Waals surface area (Å²) in [6.45, 7) is 0. The average molecular weight is 227 g/mol. The van der Waals surface area contributed by atoms with Crippen molar-refractivity contribution in [1.29, 1.82) is 0 Å². The third kappa shape index (κ3) is 1.69. The zero-order chi connectivity index (χ0) is 11.8.